The van der Waals surface area contributed by atoms with Crippen molar-refractivity contribution >= 4 is 22.2 Å². The minimum Gasteiger partial charge on any atom is -0.290 e. The Morgan fingerprint density at radius 1 is 1.06 bits per heavy atom. The zero-order valence-electron chi connectivity index (χ0n) is 17.7. The van der Waals surface area contributed by atoms with Gasteiger partial charge >= 0.3 is 0 Å². The molecule has 32 heavy (non-hydrogen) atoms. The first kappa shape index (κ1) is 18.9. The van der Waals surface area contributed by atoms with Gasteiger partial charge in [-0.25, -0.2) is 4.98 Å². The van der Waals surface area contributed by atoms with Crippen molar-refractivity contribution in [1.82, 2.24) is 20.2 Å². The number of H-pyrrole nitrogens is 2. The zero-order chi connectivity index (χ0) is 21.5. The summed E-state index contributed by atoms with van der Waals surface area (Å²) < 4.78 is 2.10. The third kappa shape index (κ3) is 3.28. The van der Waals surface area contributed by atoms with Gasteiger partial charge in [0.05, 0.1) is 24.3 Å². The van der Waals surface area contributed by atoms with Crippen LogP contribution in [0.1, 0.15) is 40.3 Å². The molecule has 1 aliphatic rings. The quantitative estimate of drug-likeness (QED) is 0.320. The molecule has 6 rings (SSSR count). The van der Waals surface area contributed by atoms with Crippen molar-refractivity contribution in [2.75, 3.05) is 0 Å². The van der Waals surface area contributed by atoms with Gasteiger partial charge in [0.2, 0.25) is 11.5 Å². The summed E-state index contributed by atoms with van der Waals surface area (Å²) in [7, 11) is 0. The van der Waals surface area contributed by atoms with Crippen molar-refractivity contribution in [3.8, 4) is 0 Å². The van der Waals surface area contributed by atoms with E-state index in [1.165, 1.54) is 5.56 Å². The molecule has 1 saturated carbocycles. The van der Waals surface area contributed by atoms with Crippen molar-refractivity contribution < 1.29 is 9.20 Å². The third-order valence-corrected chi connectivity index (χ3v) is 6.78. The van der Waals surface area contributed by atoms with Crippen LogP contribution in [0.4, 0.5) is 0 Å². The third-order valence-electron chi connectivity index (χ3n) is 6.78. The number of aromatic amines is 2. The van der Waals surface area contributed by atoms with E-state index in [1.54, 1.807) is 6.20 Å². The highest BCUT2D eigenvalue weighted by molar-refractivity contribution is 6.01. The molecule has 0 aliphatic heterocycles. The fourth-order valence-electron chi connectivity index (χ4n) is 4.92. The SMILES string of the molecule is O=C(c1[nH]c(Cc2cccnc2)[n+]2ccccc12)C1CCC1Cc1ccc2cn[nH]c2c1. The predicted molar refractivity (Wildman–Crippen MR) is 121 cm³/mol. The summed E-state index contributed by atoms with van der Waals surface area (Å²) in [6, 6.07) is 16.4. The Balaban J connectivity index is 1.27. The van der Waals surface area contributed by atoms with Gasteiger partial charge in [-0.05, 0) is 60.6 Å². The summed E-state index contributed by atoms with van der Waals surface area (Å²) in [6.07, 6.45) is 11.2. The van der Waals surface area contributed by atoms with E-state index in [0.717, 1.165) is 52.8 Å². The lowest BCUT2D eigenvalue weighted by molar-refractivity contribution is -0.520. The minimum atomic E-state index is 0.0568. The first-order valence-electron chi connectivity index (χ1n) is 11.1. The number of rotatable bonds is 6. The molecule has 0 radical (unpaired) electrons. The summed E-state index contributed by atoms with van der Waals surface area (Å²) in [4.78, 5) is 21.3. The Hall–Kier alpha value is -3.80. The van der Waals surface area contributed by atoms with Crippen LogP contribution < -0.4 is 4.40 Å². The Morgan fingerprint density at radius 3 is 2.88 bits per heavy atom. The Morgan fingerprint density at radius 2 is 2.03 bits per heavy atom. The van der Waals surface area contributed by atoms with Gasteiger partial charge in [0.25, 0.3) is 5.82 Å². The molecule has 0 amide bonds. The summed E-state index contributed by atoms with van der Waals surface area (Å²) in [5.74, 6) is 1.65. The molecule has 6 nitrogen and oxygen atoms in total. The van der Waals surface area contributed by atoms with Gasteiger partial charge in [0.1, 0.15) is 0 Å². The topological polar surface area (TPSA) is 78.5 Å². The smallest absolute Gasteiger partial charge is 0.264 e. The largest absolute Gasteiger partial charge is 0.290 e. The Kier molecular flexibility index (Phi) is 4.56. The van der Waals surface area contributed by atoms with Gasteiger partial charge in [0, 0.05) is 23.7 Å². The van der Waals surface area contributed by atoms with Crippen LogP contribution in [0.3, 0.4) is 0 Å². The average molecular weight is 423 g/mol. The lowest BCUT2D eigenvalue weighted by atomic mass is 9.68. The molecule has 6 heteroatoms. The van der Waals surface area contributed by atoms with E-state index in [0.29, 0.717) is 12.3 Å². The molecule has 5 aromatic rings. The monoisotopic (exact) mass is 422 g/mol. The highest BCUT2D eigenvalue weighted by atomic mass is 16.1. The van der Waals surface area contributed by atoms with Crippen molar-refractivity contribution in [2.45, 2.75) is 25.7 Å². The fourth-order valence-corrected chi connectivity index (χ4v) is 4.92. The predicted octanol–water partition coefficient (Wildman–Crippen LogP) is 4.07. The Labute approximate surface area is 185 Å². The van der Waals surface area contributed by atoms with E-state index in [2.05, 4.69) is 48.8 Å². The number of carbonyl (C=O) groups is 1. The van der Waals surface area contributed by atoms with E-state index in [9.17, 15) is 4.79 Å². The molecule has 1 aromatic carbocycles. The number of nitrogens with zero attached hydrogens (tertiary/aromatic N) is 3. The second-order valence-corrected chi connectivity index (χ2v) is 8.74. The normalized spacial score (nSPS) is 18.1. The van der Waals surface area contributed by atoms with Gasteiger partial charge < -0.3 is 0 Å². The van der Waals surface area contributed by atoms with Crippen molar-refractivity contribution in [3.05, 3.63) is 96.0 Å². The maximum atomic E-state index is 13.6. The minimum absolute atomic E-state index is 0.0568. The molecule has 2 N–H and O–H groups in total. The fraction of sp³-hybridized carbons (Fsp3) is 0.231. The molecule has 0 spiro atoms. The highest BCUT2D eigenvalue weighted by Gasteiger charge is 2.40. The van der Waals surface area contributed by atoms with E-state index < -0.39 is 0 Å². The van der Waals surface area contributed by atoms with Crippen LogP contribution in [0, 0.1) is 11.8 Å². The molecule has 0 bridgehead atoms. The highest BCUT2D eigenvalue weighted by Crippen LogP contribution is 2.39. The lowest BCUT2D eigenvalue weighted by Crippen LogP contribution is -2.35. The van der Waals surface area contributed by atoms with Gasteiger partial charge in [-0.2, -0.15) is 9.50 Å². The molecule has 4 aromatic heterocycles. The zero-order valence-corrected chi connectivity index (χ0v) is 17.7. The first-order chi connectivity index (χ1) is 15.8. The van der Waals surface area contributed by atoms with Crippen molar-refractivity contribution in [1.29, 1.82) is 0 Å². The summed E-state index contributed by atoms with van der Waals surface area (Å²) >= 11 is 0. The standard InChI is InChI=1S/C26H23N5O/c32-26(21-9-8-19(21)12-17-6-7-20-16-28-30-22(20)13-17)25-23-5-1-2-11-31(23)24(29-25)14-18-4-3-10-27-15-18/h1-7,10-11,13,15-16,19,21H,8-9,12,14H2,(H,28,30)/p+1. The number of nitrogens with one attached hydrogen (secondary N) is 2. The van der Waals surface area contributed by atoms with E-state index in [-0.39, 0.29) is 11.7 Å². The van der Waals surface area contributed by atoms with Gasteiger partial charge in [-0.3, -0.25) is 14.9 Å². The van der Waals surface area contributed by atoms with Gasteiger partial charge in [0.15, 0.2) is 5.52 Å². The van der Waals surface area contributed by atoms with E-state index >= 15 is 0 Å². The molecule has 2 unspecified atom stereocenters. The number of pyridine rings is 2. The number of carbonyl (C=O) groups excluding carboxylic acids is 1. The van der Waals surface area contributed by atoms with Crippen molar-refractivity contribution in [2.24, 2.45) is 11.8 Å². The summed E-state index contributed by atoms with van der Waals surface area (Å²) in [5.41, 5.74) is 5.09. The molecule has 158 valence electrons. The molecule has 1 aliphatic carbocycles. The number of hydrogen-bond acceptors (Lipinski definition) is 3. The number of imidazole rings is 1. The number of Topliss-reactive ketones (excluding diaryl/α,β-unsaturated/α-hetero) is 1. The molecule has 0 saturated heterocycles. The summed E-state index contributed by atoms with van der Waals surface area (Å²) in [6.45, 7) is 0. The summed E-state index contributed by atoms with van der Waals surface area (Å²) in [5, 5.41) is 8.27. The van der Waals surface area contributed by atoms with Crippen LogP contribution in [-0.2, 0) is 12.8 Å². The number of aromatic nitrogens is 5. The Bertz CT molecular complexity index is 1420. The molecule has 4 heterocycles. The molecular weight excluding hydrogens is 398 g/mol. The molecule has 2 atom stereocenters. The second-order valence-electron chi connectivity index (χ2n) is 8.74. The maximum absolute atomic E-state index is 13.6. The number of hydrogen-bond donors (Lipinski definition) is 2. The molecule has 1 fully saturated rings. The molecular formula is C26H24N5O+. The van der Waals surface area contributed by atoms with Gasteiger partial charge in [-0.1, -0.05) is 24.3 Å². The van der Waals surface area contributed by atoms with Crippen LogP contribution in [-0.4, -0.2) is 25.9 Å². The maximum Gasteiger partial charge on any atom is 0.264 e. The number of fused-ring (bicyclic) bond motifs is 2. The number of ketones is 1. The van der Waals surface area contributed by atoms with Crippen molar-refractivity contribution in [3.63, 3.8) is 0 Å². The first-order valence-corrected chi connectivity index (χ1v) is 11.1. The average Bonchev–Trinajstić information content (AvgIpc) is 3.42. The van der Waals surface area contributed by atoms with Crippen LogP contribution in [0.5, 0.6) is 0 Å². The van der Waals surface area contributed by atoms with Crippen LogP contribution in [0.15, 0.2) is 73.3 Å². The van der Waals surface area contributed by atoms with Crippen LogP contribution in [0.25, 0.3) is 16.4 Å². The van der Waals surface area contributed by atoms with Gasteiger partial charge in [-0.15, -0.1) is 0 Å². The van der Waals surface area contributed by atoms with E-state index in [4.69, 9.17) is 0 Å². The van der Waals surface area contributed by atoms with Crippen LogP contribution >= 0.6 is 0 Å². The lowest BCUT2D eigenvalue weighted by Gasteiger charge is -2.34. The second kappa shape index (κ2) is 7.71. The van der Waals surface area contributed by atoms with E-state index in [1.807, 2.05) is 42.9 Å². The number of benzene rings is 1. The van der Waals surface area contributed by atoms with Crippen LogP contribution in [0.2, 0.25) is 0 Å².